The van der Waals surface area contributed by atoms with Crippen LogP contribution in [0, 0.1) is 12.8 Å². The van der Waals surface area contributed by atoms with Crippen LogP contribution in [0.5, 0.6) is 0 Å². The van der Waals surface area contributed by atoms with Gasteiger partial charge in [-0.25, -0.2) is 14.8 Å². The van der Waals surface area contributed by atoms with Gasteiger partial charge < -0.3 is 10.1 Å². The van der Waals surface area contributed by atoms with Crippen LogP contribution in [-0.2, 0) is 28.9 Å². The summed E-state index contributed by atoms with van der Waals surface area (Å²) in [6.45, 7) is 7.30. The molecule has 0 bridgehead atoms. The number of hydrogen-bond acceptors (Lipinski definition) is 8. The van der Waals surface area contributed by atoms with Crippen LogP contribution < -0.4 is 10.9 Å². The smallest absolute Gasteiger partial charge is 0.350 e. The summed E-state index contributed by atoms with van der Waals surface area (Å²) in [6.07, 6.45) is 5.78. The van der Waals surface area contributed by atoms with Gasteiger partial charge in [0.05, 0.1) is 17.4 Å². The molecule has 0 saturated heterocycles. The molecule has 0 radical (unpaired) electrons. The number of thiazole rings is 1. The van der Waals surface area contributed by atoms with Gasteiger partial charge >= 0.3 is 5.97 Å². The zero-order chi connectivity index (χ0) is 22.1. The van der Waals surface area contributed by atoms with Gasteiger partial charge in [0.2, 0.25) is 5.91 Å². The summed E-state index contributed by atoms with van der Waals surface area (Å²) in [7, 11) is 0. The highest BCUT2D eigenvalue weighted by Gasteiger charge is 2.24. The van der Waals surface area contributed by atoms with Gasteiger partial charge in [-0.15, -0.1) is 11.3 Å². The number of hydrogen-bond donors (Lipinski definition) is 1. The zero-order valence-electron chi connectivity index (χ0n) is 17.3. The normalized spacial score (nSPS) is 15.5. The molecule has 1 N–H and O–H groups in total. The number of anilines is 1. The molecule has 0 aliphatic heterocycles. The van der Waals surface area contributed by atoms with Gasteiger partial charge in [-0.05, 0) is 37.7 Å². The molecule has 162 valence electrons. The van der Waals surface area contributed by atoms with Crippen molar-refractivity contribution in [3.05, 3.63) is 50.3 Å². The molecule has 3 heterocycles. The summed E-state index contributed by atoms with van der Waals surface area (Å²) in [5.74, 6) is -0.326. The monoisotopic (exact) mass is 458 g/mol. The molecule has 1 aliphatic carbocycles. The second-order valence-corrected chi connectivity index (χ2v) is 9.66. The lowest BCUT2D eigenvalue weighted by Gasteiger charge is -2.17. The second kappa shape index (κ2) is 8.72. The van der Waals surface area contributed by atoms with Gasteiger partial charge in [0.25, 0.3) is 5.56 Å². The Morgan fingerprint density at radius 1 is 1.42 bits per heavy atom. The Hall–Kier alpha value is -2.85. The SMILES string of the molecule is C=CCOC(=O)c1sc(NC(=O)Cn2cnc3sc4c(c3c2=O)CCC(C)C4)nc1C. The molecule has 0 aromatic carbocycles. The summed E-state index contributed by atoms with van der Waals surface area (Å²) in [5, 5.41) is 3.57. The fraction of sp³-hybridized carbons (Fsp3) is 0.381. The van der Waals surface area contributed by atoms with E-state index >= 15 is 0 Å². The Bertz CT molecular complexity index is 1240. The number of rotatable bonds is 6. The molecule has 10 heteroatoms. The predicted molar refractivity (Wildman–Crippen MR) is 121 cm³/mol. The number of esters is 1. The minimum atomic E-state index is -0.516. The van der Waals surface area contributed by atoms with Crippen LogP contribution in [0.3, 0.4) is 0 Å². The predicted octanol–water partition coefficient (Wildman–Crippen LogP) is 3.33. The first-order valence-electron chi connectivity index (χ1n) is 9.92. The molecule has 0 spiro atoms. The lowest BCUT2D eigenvalue weighted by Crippen LogP contribution is -2.28. The Morgan fingerprint density at radius 2 is 2.23 bits per heavy atom. The third kappa shape index (κ3) is 4.31. The summed E-state index contributed by atoms with van der Waals surface area (Å²) < 4.78 is 6.34. The molecular formula is C21H22N4O4S2. The molecule has 1 aliphatic rings. The molecule has 3 aromatic rings. The van der Waals surface area contributed by atoms with E-state index in [1.807, 2.05) is 0 Å². The maximum absolute atomic E-state index is 13.0. The topological polar surface area (TPSA) is 103 Å². The molecule has 1 unspecified atom stereocenters. The van der Waals surface area contributed by atoms with E-state index < -0.39 is 11.9 Å². The first kappa shape index (κ1) is 21.4. The highest BCUT2D eigenvalue weighted by molar-refractivity contribution is 7.18. The van der Waals surface area contributed by atoms with Crippen LogP contribution in [0.4, 0.5) is 5.13 Å². The minimum absolute atomic E-state index is 0.0987. The summed E-state index contributed by atoms with van der Waals surface area (Å²) in [6, 6.07) is 0. The van der Waals surface area contributed by atoms with Gasteiger partial charge in [0.1, 0.15) is 22.9 Å². The van der Waals surface area contributed by atoms with Gasteiger partial charge in [0.15, 0.2) is 5.13 Å². The Balaban J connectivity index is 1.52. The van der Waals surface area contributed by atoms with E-state index in [2.05, 4.69) is 28.8 Å². The Morgan fingerprint density at radius 3 is 3.00 bits per heavy atom. The van der Waals surface area contributed by atoms with Crippen molar-refractivity contribution in [1.82, 2.24) is 14.5 Å². The maximum atomic E-state index is 13.0. The average molecular weight is 459 g/mol. The largest absolute Gasteiger partial charge is 0.457 e. The average Bonchev–Trinajstić information content (AvgIpc) is 3.27. The summed E-state index contributed by atoms with van der Waals surface area (Å²) in [4.78, 5) is 48.5. The number of carbonyl (C=O) groups excluding carboxylic acids is 2. The van der Waals surface area contributed by atoms with Crippen LogP contribution in [0.1, 0.15) is 39.2 Å². The third-order valence-electron chi connectivity index (χ3n) is 5.16. The molecule has 31 heavy (non-hydrogen) atoms. The van der Waals surface area contributed by atoms with Crippen LogP contribution in [0.25, 0.3) is 10.2 Å². The summed E-state index contributed by atoms with van der Waals surface area (Å²) in [5.41, 5.74) is 1.36. The van der Waals surface area contributed by atoms with Crippen molar-refractivity contribution in [3.8, 4) is 0 Å². The van der Waals surface area contributed by atoms with Gasteiger partial charge in [-0.1, -0.05) is 30.9 Å². The molecule has 8 nitrogen and oxygen atoms in total. The standard InChI is InChI=1S/C21H22N4O4S2/c1-4-7-29-20(28)17-12(3)23-21(31-17)24-15(26)9-25-10-22-18-16(19(25)27)13-6-5-11(2)8-14(13)30-18/h4,10-11H,1,5-9H2,2-3H3,(H,23,24,26). The molecule has 1 amide bonds. The molecule has 0 fully saturated rings. The molecule has 3 aromatic heterocycles. The van der Waals surface area contributed by atoms with E-state index in [0.29, 0.717) is 21.9 Å². The number of aryl methyl sites for hydroxylation is 2. The first-order valence-corrected chi connectivity index (χ1v) is 11.6. The van der Waals surface area contributed by atoms with Gasteiger partial charge in [0, 0.05) is 4.88 Å². The fourth-order valence-corrected chi connectivity index (χ4v) is 5.85. The lowest BCUT2D eigenvalue weighted by atomic mass is 9.89. The number of thiophene rings is 1. The third-order valence-corrected chi connectivity index (χ3v) is 7.37. The number of fused-ring (bicyclic) bond motifs is 3. The van der Waals surface area contributed by atoms with Crippen LogP contribution >= 0.6 is 22.7 Å². The maximum Gasteiger partial charge on any atom is 0.350 e. The number of ether oxygens (including phenoxy) is 1. The quantitative estimate of drug-likeness (QED) is 0.449. The molecule has 0 saturated carbocycles. The minimum Gasteiger partial charge on any atom is -0.457 e. The highest BCUT2D eigenvalue weighted by atomic mass is 32.1. The van der Waals surface area contributed by atoms with Gasteiger partial charge in [-0.2, -0.15) is 0 Å². The van der Waals surface area contributed by atoms with Crippen molar-refractivity contribution in [2.45, 2.75) is 39.7 Å². The fourth-order valence-electron chi connectivity index (χ4n) is 3.63. The van der Waals surface area contributed by atoms with Crippen molar-refractivity contribution in [2.24, 2.45) is 5.92 Å². The van der Waals surface area contributed by atoms with Crippen LogP contribution in [-0.4, -0.2) is 33.0 Å². The number of carbonyl (C=O) groups is 2. The van der Waals surface area contributed by atoms with E-state index in [4.69, 9.17) is 4.74 Å². The van der Waals surface area contributed by atoms with E-state index in [0.717, 1.165) is 41.0 Å². The van der Waals surface area contributed by atoms with Crippen LogP contribution in [0.2, 0.25) is 0 Å². The van der Waals surface area contributed by atoms with Crippen molar-refractivity contribution in [1.29, 1.82) is 0 Å². The number of aromatic nitrogens is 3. The van der Waals surface area contributed by atoms with Crippen molar-refractivity contribution >= 4 is 49.9 Å². The van der Waals surface area contributed by atoms with E-state index in [-0.39, 0.29) is 23.8 Å². The first-order chi connectivity index (χ1) is 14.9. The molecular weight excluding hydrogens is 436 g/mol. The number of amides is 1. The zero-order valence-corrected chi connectivity index (χ0v) is 18.9. The van der Waals surface area contributed by atoms with Crippen molar-refractivity contribution < 1.29 is 14.3 Å². The van der Waals surface area contributed by atoms with Crippen molar-refractivity contribution in [2.75, 3.05) is 11.9 Å². The van der Waals surface area contributed by atoms with E-state index in [9.17, 15) is 14.4 Å². The second-order valence-electron chi connectivity index (χ2n) is 7.58. The number of nitrogens with one attached hydrogen (secondary N) is 1. The van der Waals surface area contributed by atoms with E-state index in [1.165, 1.54) is 21.8 Å². The molecule has 1 atom stereocenters. The number of nitrogens with zero attached hydrogens (tertiary/aromatic N) is 3. The molecule has 4 rings (SSSR count). The van der Waals surface area contributed by atoms with Gasteiger partial charge in [-0.3, -0.25) is 14.2 Å². The Labute approximate surface area is 186 Å². The van der Waals surface area contributed by atoms with Crippen LogP contribution in [0.15, 0.2) is 23.8 Å². The van der Waals surface area contributed by atoms with Crippen molar-refractivity contribution in [3.63, 3.8) is 0 Å². The summed E-state index contributed by atoms with van der Waals surface area (Å²) >= 11 is 2.61. The lowest BCUT2D eigenvalue weighted by molar-refractivity contribution is -0.116. The Kier molecular flexibility index (Phi) is 6.01. The highest BCUT2D eigenvalue weighted by Crippen LogP contribution is 2.35. The van der Waals surface area contributed by atoms with E-state index in [1.54, 1.807) is 18.3 Å².